The molecule has 3 rings (SSSR count). The summed E-state index contributed by atoms with van der Waals surface area (Å²) in [6.45, 7) is 0.585. The van der Waals surface area contributed by atoms with Gasteiger partial charge in [0.1, 0.15) is 5.75 Å². The van der Waals surface area contributed by atoms with Crippen molar-refractivity contribution in [3.8, 4) is 5.75 Å². The molecule has 0 saturated carbocycles. The van der Waals surface area contributed by atoms with E-state index in [2.05, 4.69) is 42.1 Å². The molecule has 0 fully saturated rings. The van der Waals surface area contributed by atoms with Gasteiger partial charge in [-0.1, -0.05) is 11.6 Å². The Hall–Kier alpha value is -1.84. The van der Waals surface area contributed by atoms with Crippen molar-refractivity contribution in [2.75, 3.05) is 7.05 Å². The van der Waals surface area contributed by atoms with Gasteiger partial charge < -0.3 is 9.64 Å². The third-order valence-corrected chi connectivity index (χ3v) is 5.37. The molecule has 142 valence electrons. The van der Waals surface area contributed by atoms with Crippen LogP contribution in [-0.4, -0.2) is 37.4 Å². The van der Waals surface area contributed by atoms with Crippen LogP contribution in [0.3, 0.4) is 0 Å². The Morgan fingerprint density at radius 2 is 2.07 bits per heavy atom. The molecule has 7 nitrogen and oxygen atoms in total. The summed E-state index contributed by atoms with van der Waals surface area (Å²) in [7, 11) is 3.56. The molecule has 0 radical (unpaired) electrons. The molecular formula is C17H16Br2ClN5O2. The summed E-state index contributed by atoms with van der Waals surface area (Å²) < 4.78 is 10.6. The lowest BCUT2D eigenvalue weighted by Gasteiger charge is -2.16. The molecule has 0 atom stereocenters. The molecule has 0 bridgehead atoms. The Morgan fingerprint density at radius 1 is 1.30 bits per heavy atom. The van der Waals surface area contributed by atoms with Crippen LogP contribution in [0.4, 0.5) is 0 Å². The van der Waals surface area contributed by atoms with E-state index in [0.29, 0.717) is 23.0 Å². The van der Waals surface area contributed by atoms with Crippen LogP contribution in [0.2, 0.25) is 5.02 Å². The molecular weight excluding hydrogens is 501 g/mol. The first-order chi connectivity index (χ1) is 12.8. The van der Waals surface area contributed by atoms with Crippen molar-refractivity contribution in [1.82, 2.24) is 24.5 Å². The predicted octanol–water partition coefficient (Wildman–Crippen LogP) is 4.10. The van der Waals surface area contributed by atoms with Crippen LogP contribution in [0.1, 0.15) is 16.2 Å². The maximum absolute atomic E-state index is 12.6. The fourth-order valence-corrected chi connectivity index (χ4v) is 3.65. The number of carbonyl (C=O) groups is 1. The lowest BCUT2D eigenvalue weighted by Crippen LogP contribution is -2.28. The van der Waals surface area contributed by atoms with Crippen LogP contribution >= 0.6 is 43.5 Å². The molecule has 0 aliphatic rings. The fraction of sp³-hybridized carbons (Fsp3) is 0.235. The van der Waals surface area contributed by atoms with E-state index >= 15 is 0 Å². The maximum Gasteiger partial charge on any atom is 0.274 e. The summed E-state index contributed by atoms with van der Waals surface area (Å²) in [4.78, 5) is 14.2. The zero-order valence-electron chi connectivity index (χ0n) is 14.6. The van der Waals surface area contributed by atoms with Crippen LogP contribution in [-0.2, 0) is 20.3 Å². The van der Waals surface area contributed by atoms with E-state index < -0.39 is 0 Å². The number of hydrogen-bond acceptors (Lipinski definition) is 4. The highest BCUT2D eigenvalue weighted by molar-refractivity contribution is 9.10. The molecule has 0 saturated heterocycles. The number of carbonyl (C=O) groups excluding carboxylic acids is 1. The topological polar surface area (TPSA) is 65.2 Å². The molecule has 27 heavy (non-hydrogen) atoms. The zero-order chi connectivity index (χ0) is 19.6. The van der Waals surface area contributed by atoms with Gasteiger partial charge in [-0.25, -0.2) is 4.68 Å². The Balaban J connectivity index is 1.63. The van der Waals surface area contributed by atoms with E-state index in [4.69, 9.17) is 16.3 Å². The van der Waals surface area contributed by atoms with Gasteiger partial charge in [0.2, 0.25) is 0 Å². The molecule has 0 aliphatic carbocycles. The summed E-state index contributed by atoms with van der Waals surface area (Å²) in [6, 6.07) is 6.92. The van der Waals surface area contributed by atoms with Gasteiger partial charge in [-0.15, -0.1) is 0 Å². The molecule has 0 aliphatic heterocycles. The molecule has 2 aromatic heterocycles. The van der Waals surface area contributed by atoms with Gasteiger partial charge >= 0.3 is 0 Å². The van der Waals surface area contributed by atoms with Crippen molar-refractivity contribution < 1.29 is 9.53 Å². The average Bonchev–Trinajstić information content (AvgIpc) is 3.22. The molecule has 0 N–H and O–H groups in total. The first-order valence-corrected chi connectivity index (χ1v) is 9.84. The normalized spacial score (nSPS) is 10.9. The van der Waals surface area contributed by atoms with E-state index in [1.165, 1.54) is 0 Å². The van der Waals surface area contributed by atoms with Gasteiger partial charge in [-0.3, -0.25) is 9.48 Å². The molecule has 10 heteroatoms. The first kappa shape index (κ1) is 19.9. The number of aromatic nitrogens is 4. The summed E-state index contributed by atoms with van der Waals surface area (Å²) in [5.41, 5.74) is 1.25. The SMILES string of the molecule is CN(Cc1c(Br)cnn1C)C(=O)c1ccn(COc2ccc(Cl)cc2Br)n1. The zero-order valence-corrected chi connectivity index (χ0v) is 18.5. The summed E-state index contributed by atoms with van der Waals surface area (Å²) in [5, 5.41) is 9.06. The van der Waals surface area contributed by atoms with Gasteiger partial charge in [-0.05, 0) is 56.1 Å². The fourth-order valence-electron chi connectivity index (χ4n) is 2.38. The lowest BCUT2D eigenvalue weighted by molar-refractivity contribution is 0.0773. The van der Waals surface area contributed by atoms with Crippen molar-refractivity contribution in [3.63, 3.8) is 0 Å². The highest BCUT2D eigenvalue weighted by Crippen LogP contribution is 2.28. The molecule has 1 amide bonds. The third-order valence-electron chi connectivity index (χ3n) is 3.85. The highest BCUT2D eigenvalue weighted by Gasteiger charge is 2.18. The molecule has 0 spiro atoms. The van der Waals surface area contributed by atoms with Crippen LogP contribution in [0.15, 0.2) is 45.6 Å². The number of rotatable bonds is 6. The van der Waals surface area contributed by atoms with Crippen LogP contribution in [0.25, 0.3) is 0 Å². The van der Waals surface area contributed by atoms with Crippen LogP contribution < -0.4 is 4.74 Å². The molecule has 3 aromatic rings. The van der Waals surface area contributed by atoms with Crippen molar-refractivity contribution in [1.29, 1.82) is 0 Å². The minimum absolute atomic E-state index is 0.171. The number of amides is 1. The average molecular weight is 518 g/mol. The third kappa shape index (κ3) is 4.72. The van der Waals surface area contributed by atoms with E-state index in [1.54, 1.807) is 58.0 Å². The number of benzene rings is 1. The number of nitrogens with zero attached hydrogens (tertiary/aromatic N) is 5. The summed E-state index contributed by atoms with van der Waals surface area (Å²) in [5.74, 6) is 0.454. The van der Waals surface area contributed by atoms with Crippen molar-refractivity contribution in [2.24, 2.45) is 7.05 Å². The van der Waals surface area contributed by atoms with E-state index in [0.717, 1.165) is 14.6 Å². The van der Waals surface area contributed by atoms with Crippen molar-refractivity contribution >= 4 is 49.4 Å². The van der Waals surface area contributed by atoms with Gasteiger partial charge in [0.15, 0.2) is 12.4 Å². The second kappa shape index (κ2) is 8.45. The standard InChI is InChI=1S/C17H16Br2ClN5O2/c1-23(9-15-13(19)8-21-24(15)2)17(26)14-5-6-25(22-14)10-27-16-4-3-11(20)7-12(16)18/h3-8H,9-10H2,1-2H3. The molecule has 1 aromatic carbocycles. The largest absolute Gasteiger partial charge is 0.470 e. The first-order valence-electron chi connectivity index (χ1n) is 7.88. The van der Waals surface area contributed by atoms with E-state index in [-0.39, 0.29) is 12.6 Å². The second-order valence-electron chi connectivity index (χ2n) is 5.81. The van der Waals surface area contributed by atoms with Crippen molar-refractivity contribution in [2.45, 2.75) is 13.3 Å². The second-order valence-corrected chi connectivity index (χ2v) is 7.96. The number of aryl methyl sites for hydroxylation is 1. The van der Waals surface area contributed by atoms with Gasteiger partial charge in [-0.2, -0.15) is 10.2 Å². The van der Waals surface area contributed by atoms with Gasteiger partial charge in [0, 0.05) is 25.3 Å². The lowest BCUT2D eigenvalue weighted by atomic mass is 10.3. The number of hydrogen-bond donors (Lipinski definition) is 0. The smallest absolute Gasteiger partial charge is 0.274 e. The number of ether oxygens (including phenoxy) is 1. The Bertz CT molecular complexity index is 953. The maximum atomic E-state index is 12.6. The predicted molar refractivity (Wildman–Crippen MR) is 109 cm³/mol. The van der Waals surface area contributed by atoms with E-state index in [9.17, 15) is 4.79 Å². The van der Waals surface area contributed by atoms with Gasteiger partial charge in [0.05, 0.1) is 27.4 Å². The minimum atomic E-state index is -0.186. The minimum Gasteiger partial charge on any atom is -0.470 e. The molecule has 0 unspecified atom stereocenters. The van der Waals surface area contributed by atoms with Crippen molar-refractivity contribution in [3.05, 3.63) is 62.0 Å². The Kier molecular flexibility index (Phi) is 6.23. The van der Waals surface area contributed by atoms with E-state index in [1.807, 2.05) is 7.05 Å². The number of halogens is 3. The summed E-state index contributed by atoms with van der Waals surface area (Å²) >= 11 is 12.8. The Morgan fingerprint density at radius 3 is 2.74 bits per heavy atom. The monoisotopic (exact) mass is 515 g/mol. The quantitative estimate of drug-likeness (QED) is 0.494. The highest BCUT2D eigenvalue weighted by atomic mass is 79.9. The summed E-state index contributed by atoms with van der Waals surface area (Å²) in [6.07, 6.45) is 3.40. The van der Waals surface area contributed by atoms with Gasteiger partial charge in [0.25, 0.3) is 5.91 Å². The Labute approximate surface area is 178 Å². The molecule has 2 heterocycles. The van der Waals surface area contributed by atoms with Crippen LogP contribution in [0.5, 0.6) is 5.75 Å². The van der Waals surface area contributed by atoms with Crippen LogP contribution in [0, 0.1) is 0 Å².